The third kappa shape index (κ3) is 4.28. The minimum absolute atomic E-state index is 0.177. The number of hydrogen-bond donors (Lipinski definition) is 0. The molecule has 6 nitrogen and oxygen atoms in total. The first kappa shape index (κ1) is 18.9. The van der Waals surface area contributed by atoms with Gasteiger partial charge < -0.3 is 9.64 Å². The molecule has 2 aromatic carbocycles. The highest BCUT2D eigenvalue weighted by Gasteiger charge is 2.30. The second-order valence-electron chi connectivity index (χ2n) is 6.18. The van der Waals surface area contributed by atoms with Crippen LogP contribution in [0.3, 0.4) is 0 Å². The molecule has 1 heterocycles. The maximum atomic E-state index is 12.5. The van der Waals surface area contributed by atoms with Crippen molar-refractivity contribution in [2.75, 3.05) is 25.1 Å². The van der Waals surface area contributed by atoms with Crippen LogP contribution in [0.2, 0.25) is 5.02 Å². The van der Waals surface area contributed by atoms with E-state index in [1.165, 1.54) is 4.90 Å². The Kier molecular flexibility index (Phi) is 5.76. The Labute approximate surface area is 162 Å². The second-order valence-corrected chi connectivity index (χ2v) is 6.58. The summed E-state index contributed by atoms with van der Waals surface area (Å²) in [6.45, 7) is 0.690. The van der Waals surface area contributed by atoms with Crippen LogP contribution in [0.1, 0.15) is 23.2 Å². The molecule has 1 fully saturated rings. The molecule has 0 N–H and O–H groups in total. The van der Waals surface area contributed by atoms with Gasteiger partial charge in [0.2, 0.25) is 11.8 Å². The van der Waals surface area contributed by atoms with E-state index in [0.717, 1.165) is 4.90 Å². The summed E-state index contributed by atoms with van der Waals surface area (Å²) in [6.07, 6.45) is 0.460. The molecule has 0 bridgehead atoms. The highest BCUT2D eigenvalue weighted by atomic mass is 35.5. The summed E-state index contributed by atoms with van der Waals surface area (Å²) in [6, 6.07) is 13.6. The summed E-state index contributed by atoms with van der Waals surface area (Å²) in [5.74, 6) is -0.0338. The summed E-state index contributed by atoms with van der Waals surface area (Å²) < 4.78 is 5.60. The Hall–Kier alpha value is -2.86. The molecule has 0 aromatic heterocycles. The molecule has 0 spiro atoms. The average Bonchev–Trinajstić information content (AvgIpc) is 3.01. The van der Waals surface area contributed by atoms with Crippen molar-refractivity contribution in [3.63, 3.8) is 0 Å². The van der Waals surface area contributed by atoms with Gasteiger partial charge in [0.1, 0.15) is 12.4 Å². The Bertz CT molecular complexity index is 851. The first-order valence-corrected chi connectivity index (χ1v) is 8.94. The van der Waals surface area contributed by atoms with Crippen LogP contribution >= 0.6 is 11.6 Å². The number of carbonyl (C=O) groups excluding carboxylic acids is 3. The van der Waals surface area contributed by atoms with Crippen molar-refractivity contribution in [1.82, 2.24) is 4.90 Å². The third-order valence-electron chi connectivity index (χ3n) is 4.29. The van der Waals surface area contributed by atoms with Crippen molar-refractivity contribution in [3.8, 4) is 5.75 Å². The number of para-hydroxylation sites is 1. The van der Waals surface area contributed by atoms with E-state index < -0.39 is 0 Å². The van der Waals surface area contributed by atoms with Crippen molar-refractivity contribution in [2.45, 2.75) is 12.8 Å². The van der Waals surface area contributed by atoms with Gasteiger partial charge in [-0.25, -0.2) is 0 Å². The van der Waals surface area contributed by atoms with Crippen LogP contribution < -0.4 is 9.64 Å². The molecule has 0 radical (unpaired) electrons. The Balaban J connectivity index is 1.57. The number of carbonyl (C=O) groups is 3. The van der Waals surface area contributed by atoms with Gasteiger partial charge in [0.25, 0.3) is 5.91 Å². The standard InChI is InChI=1S/C20H19ClN2O4/c1-22(12-13-27-17-5-3-2-4-16(17)21)20(26)14-6-8-15(9-7-14)23-18(24)10-11-19(23)25/h2-9H,10-13H2,1H3. The van der Waals surface area contributed by atoms with Gasteiger partial charge in [-0.3, -0.25) is 19.3 Å². The van der Waals surface area contributed by atoms with Crippen LogP contribution in [0.5, 0.6) is 5.75 Å². The molecular formula is C20H19ClN2O4. The number of rotatable bonds is 6. The van der Waals surface area contributed by atoms with Crippen LogP contribution in [0.4, 0.5) is 5.69 Å². The Morgan fingerprint density at radius 3 is 2.33 bits per heavy atom. The van der Waals surface area contributed by atoms with Crippen LogP contribution in [0, 0.1) is 0 Å². The minimum Gasteiger partial charge on any atom is -0.490 e. The highest BCUT2D eigenvalue weighted by molar-refractivity contribution is 6.32. The number of halogens is 1. The molecule has 0 aliphatic carbocycles. The lowest BCUT2D eigenvalue weighted by molar-refractivity contribution is -0.121. The van der Waals surface area contributed by atoms with Gasteiger partial charge in [0, 0.05) is 25.5 Å². The highest BCUT2D eigenvalue weighted by Crippen LogP contribution is 2.24. The van der Waals surface area contributed by atoms with Crippen LogP contribution in [-0.4, -0.2) is 42.8 Å². The molecule has 7 heteroatoms. The number of nitrogens with zero attached hydrogens (tertiary/aromatic N) is 2. The van der Waals surface area contributed by atoms with E-state index in [9.17, 15) is 14.4 Å². The second kappa shape index (κ2) is 8.22. The molecule has 2 aromatic rings. The number of amides is 3. The predicted octanol–water partition coefficient (Wildman–Crippen LogP) is 3.14. The molecule has 0 saturated carbocycles. The van der Waals surface area contributed by atoms with Crippen molar-refractivity contribution < 1.29 is 19.1 Å². The summed E-state index contributed by atoms with van der Waals surface area (Å²) in [7, 11) is 1.68. The fourth-order valence-corrected chi connectivity index (χ4v) is 2.98. The van der Waals surface area contributed by atoms with Crippen molar-refractivity contribution >= 4 is 35.0 Å². The maximum absolute atomic E-state index is 12.5. The number of hydrogen-bond acceptors (Lipinski definition) is 4. The zero-order chi connectivity index (χ0) is 19.4. The first-order chi connectivity index (χ1) is 13.0. The van der Waals surface area contributed by atoms with Gasteiger partial charge in [-0.05, 0) is 36.4 Å². The van der Waals surface area contributed by atoms with Crippen LogP contribution in [0.25, 0.3) is 0 Å². The number of ether oxygens (including phenoxy) is 1. The molecule has 1 aliphatic rings. The average molecular weight is 387 g/mol. The molecule has 1 saturated heterocycles. The Morgan fingerprint density at radius 2 is 1.70 bits per heavy atom. The third-order valence-corrected chi connectivity index (χ3v) is 4.60. The topological polar surface area (TPSA) is 66.9 Å². The number of likely N-dealkylation sites (N-methyl/N-ethyl adjacent to an activating group) is 1. The summed E-state index contributed by atoms with van der Waals surface area (Å²) in [4.78, 5) is 38.8. The molecule has 1 aliphatic heterocycles. The van der Waals surface area contributed by atoms with Crippen molar-refractivity contribution in [2.24, 2.45) is 0 Å². The minimum atomic E-state index is -0.215. The molecule has 3 rings (SSSR count). The van der Waals surface area contributed by atoms with E-state index in [-0.39, 0.29) is 30.6 Å². The monoisotopic (exact) mass is 386 g/mol. The molecule has 27 heavy (non-hydrogen) atoms. The van der Waals surface area contributed by atoms with Gasteiger partial charge in [0.15, 0.2) is 0 Å². The predicted molar refractivity (Wildman–Crippen MR) is 102 cm³/mol. The summed E-state index contributed by atoms with van der Waals surface area (Å²) >= 11 is 6.03. The molecule has 3 amide bonds. The van der Waals surface area contributed by atoms with E-state index in [1.54, 1.807) is 43.4 Å². The maximum Gasteiger partial charge on any atom is 0.253 e. The lowest BCUT2D eigenvalue weighted by atomic mass is 10.1. The van der Waals surface area contributed by atoms with Crippen molar-refractivity contribution in [3.05, 3.63) is 59.1 Å². The SMILES string of the molecule is CN(CCOc1ccccc1Cl)C(=O)c1ccc(N2C(=O)CCC2=O)cc1. The van der Waals surface area contributed by atoms with E-state index in [2.05, 4.69) is 0 Å². The van der Waals surface area contributed by atoms with E-state index >= 15 is 0 Å². The molecular weight excluding hydrogens is 368 g/mol. The molecule has 140 valence electrons. The lowest BCUT2D eigenvalue weighted by Crippen LogP contribution is -2.31. The van der Waals surface area contributed by atoms with Gasteiger partial charge in [-0.2, -0.15) is 0 Å². The van der Waals surface area contributed by atoms with E-state index in [1.807, 2.05) is 12.1 Å². The smallest absolute Gasteiger partial charge is 0.253 e. The van der Waals surface area contributed by atoms with Crippen molar-refractivity contribution in [1.29, 1.82) is 0 Å². The number of imide groups is 1. The largest absolute Gasteiger partial charge is 0.490 e. The summed E-state index contributed by atoms with van der Waals surface area (Å²) in [5, 5.41) is 0.521. The van der Waals surface area contributed by atoms with Gasteiger partial charge in [-0.1, -0.05) is 23.7 Å². The normalized spacial score (nSPS) is 13.8. The van der Waals surface area contributed by atoms with Crippen LogP contribution in [-0.2, 0) is 9.59 Å². The quantitative estimate of drug-likeness (QED) is 0.715. The summed E-state index contributed by atoms with van der Waals surface area (Å²) in [5.41, 5.74) is 0.960. The molecule has 0 atom stereocenters. The van der Waals surface area contributed by atoms with Crippen LogP contribution in [0.15, 0.2) is 48.5 Å². The van der Waals surface area contributed by atoms with Gasteiger partial charge in [0.05, 0.1) is 17.3 Å². The molecule has 0 unspecified atom stereocenters. The Morgan fingerprint density at radius 1 is 1.07 bits per heavy atom. The van der Waals surface area contributed by atoms with Gasteiger partial charge in [-0.15, -0.1) is 0 Å². The van der Waals surface area contributed by atoms with E-state index in [0.29, 0.717) is 35.2 Å². The number of benzene rings is 2. The number of anilines is 1. The lowest BCUT2D eigenvalue weighted by Gasteiger charge is -2.19. The van der Waals surface area contributed by atoms with Gasteiger partial charge >= 0.3 is 0 Å². The fraction of sp³-hybridized carbons (Fsp3) is 0.250. The fourth-order valence-electron chi connectivity index (χ4n) is 2.79. The van der Waals surface area contributed by atoms with E-state index in [4.69, 9.17) is 16.3 Å². The zero-order valence-corrected chi connectivity index (χ0v) is 15.6. The first-order valence-electron chi connectivity index (χ1n) is 8.56. The zero-order valence-electron chi connectivity index (χ0n) is 14.9.